The van der Waals surface area contributed by atoms with Crippen molar-refractivity contribution in [1.82, 2.24) is 0 Å². The number of benzene rings is 1. The molecule has 1 rings (SSSR count). The molecule has 0 heterocycles. The summed E-state index contributed by atoms with van der Waals surface area (Å²) in [6.45, 7) is 15.9. The molecular formula is C18H28O2. The summed E-state index contributed by atoms with van der Waals surface area (Å²) in [5.74, 6) is -0.347. The Morgan fingerprint density at radius 3 is 1.80 bits per heavy atom. The minimum Gasteiger partial charge on any atom is -0.466 e. The lowest BCUT2D eigenvalue weighted by Crippen LogP contribution is -1.98. The van der Waals surface area contributed by atoms with E-state index in [4.69, 9.17) is 0 Å². The van der Waals surface area contributed by atoms with Crippen molar-refractivity contribution in [3.8, 4) is 0 Å². The fraction of sp³-hybridized carbons (Fsp3) is 0.278. The van der Waals surface area contributed by atoms with Gasteiger partial charge in [0.05, 0.1) is 7.11 Å². The third kappa shape index (κ3) is 14.0. The maximum absolute atomic E-state index is 10.2. The molecule has 112 valence electrons. The molecule has 0 bridgehead atoms. The van der Waals surface area contributed by atoms with Crippen molar-refractivity contribution in [1.29, 1.82) is 0 Å². The summed E-state index contributed by atoms with van der Waals surface area (Å²) in [7, 11) is 1.33. The van der Waals surface area contributed by atoms with Gasteiger partial charge < -0.3 is 4.74 Å². The van der Waals surface area contributed by atoms with Crippen LogP contribution in [0.15, 0.2) is 55.7 Å². The number of methoxy groups -OCH3 is 1. The Balaban J connectivity index is -0.000000238. The van der Waals surface area contributed by atoms with Gasteiger partial charge in [-0.2, -0.15) is 0 Å². The topological polar surface area (TPSA) is 26.3 Å². The van der Waals surface area contributed by atoms with Crippen LogP contribution in [0.5, 0.6) is 0 Å². The van der Waals surface area contributed by atoms with Gasteiger partial charge in [0, 0.05) is 5.57 Å². The highest BCUT2D eigenvalue weighted by atomic mass is 16.5. The van der Waals surface area contributed by atoms with Crippen LogP contribution in [0.1, 0.15) is 32.4 Å². The lowest BCUT2D eigenvalue weighted by atomic mass is 10.2. The largest absolute Gasteiger partial charge is 0.466 e. The molecule has 0 aliphatic rings. The molecule has 20 heavy (non-hydrogen) atoms. The van der Waals surface area contributed by atoms with Gasteiger partial charge in [-0.15, -0.1) is 6.58 Å². The Kier molecular flexibility index (Phi) is 17.2. The van der Waals surface area contributed by atoms with Gasteiger partial charge in [-0.05, 0) is 26.3 Å². The Morgan fingerprint density at radius 2 is 1.60 bits per heavy atom. The molecule has 2 heteroatoms. The average Bonchev–Trinajstić information content (AvgIpc) is 2.40. The molecule has 2 nitrogen and oxygen atoms in total. The molecule has 1 aromatic carbocycles. The molecule has 0 atom stereocenters. The Hall–Kier alpha value is -2.09. The summed E-state index contributed by atoms with van der Waals surface area (Å²) in [4.78, 5) is 10.2. The van der Waals surface area contributed by atoms with E-state index in [-0.39, 0.29) is 13.4 Å². The molecule has 0 N–H and O–H groups in total. The number of aryl methyl sites for hydroxylation is 1. The first-order valence-corrected chi connectivity index (χ1v) is 5.92. The summed E-state index contributed by atoms with van der Waals surface area (Å²) >= 11 is 0. The number of hydrogen-bond acceptors (Lipinski definition) is 2. The minimum atomic E-state index is -0.347. The van der Waals surface area contributed by atoms with E-state index in [1.807, 2.05) is 13.0 Å². The zero-order valence-corrected chi connectivity index (χ0v) is 12.4. The average molecular weight is 276 g/mol. The molecule has 0 fully saturated rings. The smallest absolute Gasteiger partial charge is 0.332 e. The standard InChI is InChI=1S/C9H10.C5H8O2.C3H6.CH4/c1-3-9-6-4-8(2)5-7-9;1-4(2)5(6)7-3;1-3-2;/h3-7H,1H2,2H3;1H2,2-3H3;3H,1H2,2H3;1H4. The number of rotatable bonds is 2. The van der Waals surface area contributed by atoms with Crippen LogP contribution in [0.2, 0.25) is 0 Å². The maximum Gasteiger partial charge on any atom is 0.332 e. The number of esters is 1. The van der Waals surface area contributed by atoms with Gasteiger partial charge in [0.2, 0.25) is 0 Å². The van der Waals surface area contributed by atoms with Gasteiger partial charge in [0.25, 0.3) is 0 Å². The SMILES string of the molecule is C.C=C(C)C(=O)OC.C=CC.C=Cc1ccc(C)cc1. The fourth-order valence-corrected chi connectivity index (χ4v) is 0.877. The first-order chi connectivity index (χ1) is 8.92. The zero-order valence-electron chi connectivity index (χ0n) is 12.4. The van der Waals surface area contributed by atoms with Gasteiger partial charge >= 0.3 is 5.97 Å². The highest BCUT2D eigenvalue weighted by Gasteiger charge is 1.95. The highest BCUT2D eigenvalue weighted by molar-refractivity contribution is 5.86. The lowest BCUT2D eigenvalue weighted by molar-refractivity contribution is -0.136. The van der Waals surface area contributed by atoms with Crippen molar-refractivity contribution in [2.24, 2.45) is 0 Å². The number of carbonyl (C=O) groups excluding carboxylic acids is 1. The van der Waals surface area contributed by atoms with E-state index in [0.717, 1.165) is 0 Å². The van der Waals surface area contributed by atoms with E-state index >= 15 is 0 Å². The summed E-state index contributed by atoms with van der Waals surface area (Å²) in [6, 6.07) is 8.28. The molecule has 0 saturated carbocycles. The summed E-state index contributed by atoms with van der Waals surface area (Å²) in [6.07, 6.45) is 3.60. The molecule has 0 saturated heterocycles. The van der Waals surface area contributed by atoms with Gasteiger partial charge in [-0.25, -0.2) is 4.79 Å². The lowest BCUT2D eigenvalue weighted by Gasteiger charge is -1.91. The number of hydrogen-bond donors (Lipinski definition) is 0. The van der Waals surface area contributed by atoms with E-state index in [2.05, 4.69) is 55.7 Å². The number of ether oxygens (including phenoxy) is 1. The van der Waals surface area contributed by atoms with Crippen molar-refractivity contribution < 1.29 is 9.53 Å². The van der Waals surface area contributed by atoms with Crippen LogP contribution in [0.4, 0.5) is 0 Å². The maximum atomic E-state index is 10.2. The highest BCUT2D eigenvalue weighted by Crippen LogP contribution is 2.02. The van der Waals surface area contributed by atoms with Crippen molar-refractivity contribution in [3.63, 3.8) is 0 Å². The van der Waals surface area contributed by atoms with Gasteiger partial charge in [-0.1, -0.05) is 62.6 Å². The van der Waals surface area contributed by atoms with Gasteiger partial charge in [-0.3, -0.25) is 0 Å². The fourth-order valence-electron chi connectivity index (χ4n) is 0.877. The Bertz CT molecular complexity index is 400. The summed E-state index contributed by atoms with van der Waals surface area (Å²) < 4.78 is 4.27. The molecule has 0 aliphatic heterocycles. The molecular weight excluding hydrogens is 248 g/mol. The van der Waals surface area contributed by atoms with E-state index in [0.29, 0.717) is 5.57 Å². The van der Waals surface area contributed by atoms with E-state index in [1.54, 1.807) is 13.0 Å². The Morgan fingerprint density at radius 1 is 1.20 bits per heavy atom. The van der Waals surface area contributed by atoms with Crippen molar-refractivity contribution in [3.05, 3.63) is 66.8 Å². The predicted molar refractivity (Wildman–Crippen MR) is 90.7 cm³/mol. The van der Waals surface area contributed by atoms with Crippen molar-refractivity contribution in [2.75, 3.05) is 7.11 Å². The van der Waals surface area contributed by atoms with Gasteiger partial charge in [0.1, 0.15) is 0 Å². The minimum absolute atomic E-state index is 0. The third-order valence-electron chi connectivity index (χ3n) is 1.85. The second-order valence-corrected chi connectivity index (χ2v) is 3.79. The van der Waals surface area contributed by atoms with Crippen LogP contribution in [-0.4, -0.2) is 13.1 Å². The molecule has 0 unspecified atom stereocenters. The number of carbonyl (C=O) groups is 1. The number of allylic oxidation sites excluding steroid dienone is 1. The van der Waals surface area contributed by atoms with Gasteiger partial charge in [0.15, 0.2) is 0 Å². The van der Waals surface area contributed by atoms with Crippen molar-refractivity contribution in [2.45, 2.75) is 28.2 Å². The van der Waals surface area contributed by atoms with E-state index in [1.165, 1.54) is 18.2 Å². The summed E-state index contributed by atoms with van der Waals surface area (Å²) in [5.41, 5.74) is 2.91. The zero-order chi connectivity index (χ0) is 15.3. The second-order valence-electron chi connectivity index (χ2n) is 3.79. The van der Waals surface area contributed by atoms with Crippen LogP contribution in [-0.2, 0) is 9.53 Å². The first kappa shape index (κ1) is 23.0. The van der Waals surface area contributed by atoms with Crippen LogP contribution >= 0.6 is 0 Å². The first-order valence-electron chi connectivity index (χ1n) is 5.92. The normalized spacial score (nSPS) is 7.40. The molecule has 1 aromatic rings. The van der Waals surface area contributed by atoms with Crippen LogP contribution < -0.4 is 0 Å². The van der Waals surface area contributed by atoms with E-state index < -0.39 is 0 Å². The molecule has 0 amide bonds. The molecule has 0 aromatic heterocycles. The van der Waals surface area contributed by atoms with Crippen LogP contribution in [0.3, 0.4) is 0 Å². The van der Waals surface area contributed by atoms with E-state index in [9.17, 15) is 4.79 Å². The molecule has 0 spiro atoms. The van der Waals surface area contributed by atoms with Crippen molar-refractivity contribution >= 4 is 12.0 Å². The van der Waals surface area contributed by atoms with Crippen LogP contribution in [0.25, 0.3) is 6.08 Å². The molecule has 0 radical (unpaired) electrons. The summed E-state index contributed by atoms with van der Waals surface area (Å²) in [5, 5.41) is 0. The monoisotopic (exact) mass is 276 g/mol. The third-order valence-corrected chi connectivity index (χ3v) is 1.85. The molecule has 0 aliphatic carbocycles. The second kappa shape index (κ2) is 15.0. The Labute approximate surface area is 124 Å². The van der Waals surface area contributed by atoms with Crippen LogP contribution in [0, 0.1) is 6.92 Å². The quantitative estimate of drug-likeness (QED) is 0.421. The predicted octanol–water partition coefficient (Wildman–Crippen LogP) is 5.20.